The summed E-state index contributed by atoms with van der Waals surface area (Å²) in [5.74, 6) is 0.706. The summed E-state index contributed by atoms with van der Waals surface area (Å²) in [6.07, 6.45) is 0. The van der Waals surface area contributed by atoms with Crippen LogP contribution in [0.15, 0.2) is 194 Å². The highest BCUT2D eigenvalue weighted by Gasteiger charge is 2.46. The molecule has 0 atom stereocenters. The van der Waals surface area contributed by atoms with E-state index in [1.165, 1.54) is 44.5 Å². The Hall–Kier alpha value is -6.38. The van der Waals surface area contributed by atoms with E-state index in [4.69, 9.17) is 9.97 Å². The summed E-state index contributed by atoms with van der Waals surface area (Å²) in [4.78, 5) is 10.5. The molecule has 0 radical (unpaired) electrons. The fourth-order valence-electron chi connectivity index (χ4n) is 7.62. The summed E-state index contributed by atoms with van der Waals surface area (Å²) in [5.41, 5.74) is 14.3. The van der Waals surface area contributed by atoms with Crippen molar-refractivity contribution in [3.8, 4) is 56.2 Å². The van der Waals surface area contributed by atoms with Crippen LogP contribution in [0.4, 0.5) is 0 Å². The highest BCUT2D eigenvalue weighted by molar-refractivity contribution is 5.95. The van der Waals surface area contributed by atoms with Crippen molar-refractivity contribution in [2.75, 3.05) is 0 Å². The van der Waals surface area contributed by atoms with Crippen LogP contribution < -0.4 is 0 Å². The Morgan fingerprint density at radius 2 is 0.796 bits per heavy atom. The molecule has 0 saturated heterocycles. The minimum atomic E-state index is -0.476. The maximum absolute atomic E-state index is 5.33. The molecule has 1 aliphatic carbocycles. The number of rotatable bonds is 6. The van der Waals surface area contributed by atoms with Crippen LogP contribution in [0, 0.1) is 0 Å². The van der Waals surface area contributed by atoms with Gasteiger partial charge in [0.1, 0.15) is 0 Å². The molecule has 0 spiro atoms. The molecule has 0 aliphatic heterocycles. The van der Waals surface area contributed by atoms with Crippen molar-refractivity contribution in [3.63, 3.8) is 0 Å². The minimum Gasteiger partial charge on any atom is -0.228 e. The molecule has 9 rings (SSSR count). The molecular weight excluding hydrogens is 593 g/mol. The van der Waals surface area contributed by atoms with Crippen LogP contribution >= 0.6 is 0 Å². The van der Waals surface area contributed by atoms with Crippen LogP contribution in [0.1, 0.15) is 22.3 Å². The van der Waals surface area contributed by atoms with Crippen molar-refractivity contribution in [1.82, 2.24) is 9.97 Å². The van der Waals surface area contributed by atoms with Gasteiger partial charge in [0.25, 0.3) is 0 Å². The number of hydrogen-bond donors (Lipinski definition) is 0. The smallest absolute Gasteiger partial charge is 0.160 e. The van der Waals surface area contributed by atoms with E-state index in [2.05, 4.69) is 182 Å². The van der Waals surface area contributed by atoms with Crippen LogP contribution in [-0.4, -0.2) is 9.97 Å². The molecule has 7 aromatic carbocycles. The summed E-state index contributed by atoms with van der Waals surface area (Å²) >= 11 is 0. The van der Waals surface area contributed by atoms with E-state index in [1.807, 2.05) is 12.1 Å². The molecule has 8 aromatic rings. The Balaban J connectivity index is 1.29. The third-order valence-corrected chi connectivity index (χ3v) is 9.80. The molecule has 0 N–H and O–H groups in total. The summed E-state index contributed by atoms with van der Waals surface area (Å²) in [6, 6.07) is 69.1. The fourth-order valence-corrected chi connectivity index (χ4v) is 7.62. The second-order valence-corrected chi connectivity index (χ2v) is 12.5. The predicted molar refractivity (Wildman–Crippen MR) is 201 cm³/mol. The second kappa shape index (κ2) is 12.0. The van der Waals surface area contributed by atoms with Gasteiger partial charge in [0.05, 0.1) is 16.8 Å². The number of aromatic nitrogens is 2. The predicted octanol–water partition coefficient (Wildman–Crippen LogP) is 11.5. The van der Waals surface area contributed by atoms with Crippen molar-refractivity contribution < 1.29 is 0 Å². The van der Waals surface area contributed by atoms with Crippen molar-refractivity contribution in [2.24, 2.45) is 0 Å². The molecule has 1 heterocycles. The number of hydrogen-bond acceptors (Lipinski definition) is 2. The van der Waals surface area contributed by atoms with E-state index in [-0.39, 0.29) is 0 Å². The molecule has 2 heteroatoms. The van der Waals surface area contributed by atoms with Crippen LogP contribution in [0.5, 0.6) is 0 Å². The van der Waals surface area contributed by atoms with Gasteiger partial charge in [-0.2, -0.15) is 0 Å². The summed E-state index contributed by atoms with van der Waals surface area (Å²) in [6.45, 7) is 0. The van der Waals surface area contributed by atoms with Gasteiger partial charge in [-0.3, -0.25) is 0 Å². The SMILES string of the molecule is c1ccc(-c2ccc(-c3nc(-c4ccccc4)cc(-c4cccc5c4-c4ccccc4C5(c4ccccc4)c4ccccc4)n3)cc2)cc1. The van der Waals surface area contributed by atoms with Crippen LogP contribution in [0.25, 0.3) is 56.2 Å². The molecular formula is C47H32N2. The van der Waals surface area contributed by atoms with Gasteiger partial charge < -0.3 is 0 Å². The average molecular weight is 625 g/mol. The topological polar surface area (TPSA) is 25.8 Å². The van der Waals surface area contributed by atoms with Gasteiger partial charge in [-0.15, -0.1) is 0 Å². The normalized spacial score (nSPS) is 12.7. The van der Waals surface area contributed by atoms with E-state index in [9.17, 15) is 0 Å². The van der Waals surface area contributed by atoms with Gasteiger partial charge in [-0.05, 0) is 50.6 Å². The molecule has 0 unspecified atom stereocenters. The highest BCUT2D eigenvalue weighted by Crippen LogP contribution is 2.58. The van der Waals surface area contributed by atoms with Gasteiger partial charge in [0, 0.05) is 16.7 Å². The lowest BCUT2D eigenvalue weighted by atomic mass is 9.67. The summed E-state index contributed by atoms with van der Waals surface area (Å²) < 4.78 is 0. The lowest BCUT2D eigenvalue weighted by Crippen LogP contribution is -2.28. The van der Waals surface area contributed by atoms with Crippen molar-refractivity contribution >= 4 is 0 Å². The van der Waals surface area contributed by atoms with Gasteiger partial charge in [-0.1, -0.05) is 188 Å². The maximum Gasteiger partial charge on any atom is 0.160 e. The van der Waals surface area contributed by atoms with Gasteiger partial charge >= 0.3 is 0 Å². The first-order valence-corrected chi connectivity index (χ1v) is 16.8. The highest BCUT2D eigenvalue weighted by atomic mass is 14.9. The zero-order valence-corrected chi connectivity index (χ0v) is 26.9. The number of nitrogens with zero attached hydrogens (tertiary/aromatic N) is 2. The van der Waals surface area contributed by atoms with Crippen LogP contribution in [0.3, 0.4) is 0 Å². The lowest BCUT2D eigenvalue weighted by molar-refractivity contribution is 0.768. The maximum atomic E-state index is 5.33. The third-order valence-electron chi connectivity index (χ3n) is 9.80. The largest absolute Gasteiger partial charge is 0.228 e. The Labute approximate surface area is 287 Å². The molecule has 0 saturated carbocycles. The Bertz CT molecular complexity index is 2360. The molecule has 1 aliphatic rings. The first-order chi connectivity index (χ1) is 24.3. The molecule has 230 valence electrons. The summed E-state index contributed by atoms with van der Waals surface area (Å²) in [7, 11) is 0. The molecule has 0 bridgehead atoms. The molecule has 0 amide bonds. The Morgan fingerprint density at radius 3 is 1.45 bits per heavy atom. The zero-order chi connectivity index (χ0) is 32.6. The lowest BCUT2D eigenvalue weighted by Gasteiger charge is -2.33. The third kappa shape index (κ3) is 4.80. The first-order valence-electron chi connectivity index (χ1n) is 16.8. The number of benzene rings is 7. The Kier molecular flexibility index (Phi) is 7.06. The standard InChI is InChI=1S/C47H32N2/c1-5-16-33(17-6-1)34-28-30-36(31-29-34)46-48-43(35-18-7-2-8-19-35)32-44(49-46)40-25-15-27-42-45(40)39-24-13-14-26-41(39)47(42,37-20-9-3-10-21-37)38-22-11-4-12-23-38/h1-32H. The van der Waals surface area contributed by atoms with Gasteiger partial charge in [-0.25, -0.2) is 9.97 Å². The Morgan fingerprint density at radius 1 is 0.327 bits per heavy atom. The van der Waals surface area contributed by atoms with E-state index in [0.717, 1.165) is 28.1 Å². The molecule has 1 aromatic heterocycles. The summed E-state index contributed by atoms with van der Waals surface area (Å²) in [5, 5.41) is 0. The average Bonchev–Trinajstić information content (AvgIpc) is 3.50. The van der Waals surface area contributed by atoms with Crippen LogP contribution in [-0.2, 0) is 5.41 Å². The quantitative estimate of drug-likeness (QED) is 0.184. The monoisotopic (exact) mass is 624 g/mol. The molecule has 2 nitrogen and oxygen atoms in total. The van der Waals surface area contributed by atoms with E-state index < -0.39 is 5.41 Å². The van der Waals surface area contributed by atoms with E-state index in [0.29, 0.717) is 5.82 Å². The second-order valence-electron chi connectivity index (χ2n) is 12.5. The van der Waals surface area contributed by atoms with Gasteiger partial charge in [0.15, 0.2) is 5.82 Å². The minimum absolute atomic E-state index is 0.476. The van der Waals surface area contributed by atoms with Crippen molar-refractivity contribution in [3.05, 3.63) is 216 Å². The van der Waals surface area contributed by atoms with E-state index in [1.54, 1.807) is 0 Å². The zero-order valence-electron chi connectivity index (χ0n) is 26.9. The molecule has 0 fully saturated rings. The van der Waals surface area contributed by atoms with Crippen LogP contribution in [0.2, 0.25) is 0 Å². The van der Waals surface area contributed by atoms with E-state index >= 15 is 0 Å². The number of fused-ring (bicyclic) bond motifs is 3. The molecule has 49 heavy (non-hydrogen) atoms. The van der Waals surface area contributed by atoms with Crippen molar-refractivity contribution in [1.29, 1.82) is 0 Å². The fraction of sp³-hybridized carbons (Fsp3) is 0.0213. The van der Waals surface area contributed by atoms with Crippen molar-refractivity contribution in [2.45, 2.75) is 5.41 Å². The van der Waals surface area contributed by atoms with Gasteiger partial charge in [0.2, 0.25) is 0 Å². The first kappa shape index (κ1) is 28.8.